The average molecular weight is 516 g/mol. The SMILES string of the molecule is CCCCCCCCCCCCCCCCOCC(O)CN(C(=O)OCC(CC)CCCC)C(C)O. The van der Waals surface area contributed by atoms with Crippen molar-refractivity contribution in [2.24, 2.45) is 5.92 Å². The molecule has 0 fully saturated rings. The molecule has 6 heteroatoms. The standard InChI is InChI=1S/C30H61NO5/c1-5-8-10-11-12-13-14-15-16-17-18-19-20-21-23-35-26-29(33)24-31(27(4)32)30(34)36-25-28(7-3)22-9-6-2/h27-29,32-33H,5-26H2,1-4H3. The third-order valence-corrected chi connectivity index (χ3v) is 7.03. The molecule has 6 nitrogen and oxygen atoms in total. The summed E-state index contributed by atoms with van der Waals surface area (Å²) < 4.78 is 11.0. The molecular formula is C30H61NO5. The lowest BCUT2D eigenvalue weighted by Crippen LogP contribution is -2.45. The highest BCUT2D eigenvalue weighted by Gasteiger charge is 2.24. The number of aliphatic hydroxyl groups is 2. The van der Waals surface area contributed by atoms with Gasteiger partial charge in [0.05, 0.1) is 25.9 Å². The van der Waals surface area contributed by atoms with E-state index < -0.39 is 18.4 Å². The van der Waals surface area contributed by atoms with Crippen LogP contribution < -0.4 is 0 Å². The van der Waals surface area contributed by atoms with Crippen molar-refractivity contribution in [2.75, 3.05) is 26.4 Å². The van der Waals surface area contributed by atoms with E-state index in [1.807, 2.05) is 0 Å². The first kappa shape index (κ1) is 35.2. The van der Waals surface area contributed by atoms with Gasteiger partial charge in [0.2, 0.25) is 0 Å². The summed E-state index contributed by atoms with van der Waals surface area (Å²) in [7, 11) is 0. The largest absolute Gasteiger partial charge is 0.449 e. The van der Waals surface area contributed by atoms with Crippen molar-refractivity contribution in [1.82, 2.24) is 4.90 Å². The van der Waals surface area contributed by atoms with Crippen LogP contribution in [-0.2, 0) is 9.47 Å². The zero-order valence-electron chi connectivity index (χ0n) is 24.4. The second-order valence-electron chi connectivity index (χ2n) is 10.6. The summed E-state index contributed by atoms with van der Waals surface area (Å²) >= 11 is 0. The topological polar surface area (TPSA) is 79.2 Å². The molecular weight excluding hydrogens is 454 g/mol. The van der Waals surface area contributed by atoms with Gasteiger partial charge in [-0.15, -0.1) is 0 Å². The van der Waals surface area contributed by atoms with E-state index in [1.54, 1.807) is 0 Å². The summed E-state index contributed by atoms with van der Waals surface area (Å²) in [5.41, 5.74) is 0. The predicted octanol–water partition coefficient (Wildman–Crippen LogP) is 7.84. The summed E-state index contributed by atoms with van der Waals surface area (Å²) in [6, 6.07) is 0. The first-order valence-corrected chi connectivity index (χ1v) is 15.3. The van der Waals surface area contributed by atoms with Gasteiger partial charge in [-0.1, -0.05) is 124 Å². The third kappa shape index (κ3) is 21.3. The molecule has 0 aromatic rings. The molecule has 0 radical (unpaired) electrons. The Labute approximate surface area is 223 Å². The summed E-state index contributed by atoms with van der Waals surface area (Å²) in [6.45, 7) is 9.15. The molecule has 2 N–H and O–H groups in total. The van der Waals surface area contributed by atoms with E-state index in [0.717, 1.165) is 38.5 Å². The summed E-state index contributed by atoms with van der Waals surface area (Å²) in [5.74, 6) is 0.336. The zero-order chi connectivity index (χ0) is 26.9. The fourth-order valence-electron chi connectivity index (χ4n) is 4.45. The first-order valence-electron chi connectivity index (χ1n) is 15.3. The number of ether oxygens (including phenoxy) is 2. The number of rotatable bonds is 26. The number of nitrogens with zero attached hydrogens (tertiary/aromatic N) is 1. The Hall–Kier alpha value is -0.850. The van der Waals surface area contributed by atoms with Crippen LogP contribution in [0.15, 0.2) is 0 Å². The minimum atomic E-state index is -1.02. The van der Waals surface area contributed by atoms with E-state index in [1.165, 1.54) is 88.9 Å². The molecule has 0 saturated heterocycles. The van der Waals surface area contributed by atoms with Crippen LogP contribution in [0, 0.1) is 5.92 Å². The lowest BCUT2D eigenvalue weighted by atomic mass is 10.0. The minimum absolute atomic E-state index is 0.000984. The van der Waals surface area contributed by atoms with Gasteiger partial charge in [-0.25, -0.2) is 4.79 Å². The van der Waals surface area contributed by atoms with Crippen molar-refractivity contribution >= 4 is 6.09 Å². The normalized spacial score (nSPS) is 13.9. The highest BCUT2D eigenvalue weighted by atomic mass is 16.6. The Morgan fingerprint density at radius 1 is 0.722 bits per heavy atom. The van der Waals surface area contributed by atoms with E-state index in [2.05, 4.69) is 20.8 Å². The number of amides is 1. The Balaban J connectivity index is 3.76. The lowest BCUT2D eigenvalue weighted by molar-refractivity contribution is -0.0347. The van der Waals surface area contributed by atoms with Gasteiger partial charge < -0.3 is 19.7 Å². The number of carbonyl (C=O) groups excluding carboxylic acids is 1. The van der Waals surface area contributed by atoms with E-state index in [4.69, 9.17) is 9.47 Å². The first-order chi connectivity index (χ1) is 17.5. The van der Waals surface area contributed by atoms with Crippen molar-refractivity contribution in [3.8, 4) is 0 Å². The van der Waals surface area contributed by atoms with Gasteiger partial charge >= 0.3 is 6.09 Å². The van der Waals surface area contributed by atoms with Crippen molar-refractivity contribution in [1.29, 1.82) is 0 Å². The molecule has 0 aromatic heterocycles. The van der Waals surface area contributed by atoms with Crippen LogP contribution in [-0.4, -0.2) is 59.9 Å². The summed E-state index contributed by atoms with van der Waals surface area (Å²) in [5, 5.41) is 20.3. The maximum absolute atomic E-state index is 12.4. The predicted molar refractivity (Wildman–Crippen MR) is 150 cm³/mol. The maximum atomic E-state index is 12.4. The highest BCUT2D eigenvalue weighted by Crippen LogP contribution is 2.15. The number of hydrogen-bond acceptors (Lipinski definition) is 5. The number of hydrogen-bond donors (Lipinski definition) is 2. The van der Waals surface area contributed by atoms with Crippen molar-refractivity contribution < 1.29 is 24.5 Å². The molecule has 3 unspecified atom stereocenters. The van der Waals surface area contributed by atoms with E-state index >= 15 is 0 Å². The van der Waals surface area contributed by atoms with Crippen LogP contribution in [0.3, 0.4) is 0 Å². The van der Waals surface area contributed by atoms with Crippen LogP contribution in [0.5, 0.6) is 0 Å². The highest BCUT2D eigenvalue weighted by molar-refractivity contribution is 5.67. The van der Waals surface area contributed by atoms with Gasteiger partial charge in [0.15, 0.2) is 0 Å². The smallest absolute Gasteiger partial charge is 0.411 e. The molecule has 0 heterocycles. The van der Waals surface area contributed by atoms with E-state index in [9.17, 15) is 15.0 Å². The van der Waals surface area contributed by atoms with Gasteiger partial charge in [-0.3, -0.25) is 4.90 Å². The molecule has 216 valence electrons. The Bertz CT molecular complexity index is 474. The Morgan fingerprint density at radius 3 is 1.69 bits per heavy atom. The van der Waals surface area contributed by atoms with Crippen LogP contribution in [0.4, 0.5) is 4.79 Å². The second-order valence-corrected chi connectivity index (χ2v) is 10.6. The van der Waals surface area contributed by atoms with Crippen LogP contribution in [0.1, 0.15) is 143 Å². The summed E-state index contributed by atoms with van der Waals surface area (Å²) in [4.78, 5) is 13.6. The molecule has 0 rings (SSSR count). The van der Waals surface area contributed by atoms with E-state index in [-0.39, 0.29) is 13.2 Å². The van der Waals surface area contributed by atoms with Crippen molar-refractivity contribution in [2.45, 2.75) is 156 Å². The second kappa shape index (κ2) is 25.8. The van der Waals surface area contributed by atoms with E-state index in [0.29, 0.717) is 19.1 Å². The van der Waals surface area contributed by atoms with Crippen LogP contribution in [0.25, 0.3) is 0 Å². The number of unbranched alkanes of at least 4 members (excludes halogenated alkanes) is 14. The fourth-order valence-corrected chi connectivity index (χ4v) is 4.45. The molecule has 0 aliphatic carbocycles. The molecule has 0 spiro atoms. The van der Waals surface area contributed by atoms with Crippen LogP contribution >= 0.6 is 0 Å². The van der Waals surface area contributed by atoms with Gasteiger partial charge in [0.1, 0.15) is 6.23 Å². The maximum Gasteiger partial charge on any atom is 0.411 e. The van der Waals surface area contributed by atoms with Gasteiger partial charge in [-0.05, 0) is 25.7 Å². The number of aliphatic hydroxyl groups excluding tert-OH is 2. The molecule has 0 aliphatic heterocycles. The molecule has 3 atom stereocenters. The summed E-state index contributed by atoms with van der Waals surface area (Å²) in [6.07, 6.45) is 20.3. The molecule has 36 heavy (non-hydrogen) atoms. The number of carbonyl (C=O) groups is 1. The van der Waals surface area contributed by atoms with Gasteiger partial charge in [0.25, 0.3) is 0 Å². The molecule has 1 amide bonds. The van der Waals surface area contributed by atoms with Crippen LogP contribution in [0.2, 0.25) is 0 Å². The third-order valence-electron chi connectivity index (χ3n) is 7.03. The lowest BCUT2D eigenvalue weighted by Gasteiger charge is -2.28. The van der Waals surface area contributed by atoms with Gasteiger partial charge in [0, 0.05) is 6.61 Å². The average Bonchev–Trinajstić information content (AvgIpc) is 2.86. The molecule has 0 aromatic carbocycles. The van der Waals surface area contributed by atoms with Gasteiger partial charge in [-0.2, -0.15) is 0 Å². The molecule has 0 aliphatic rings. The molecule has 0 saturated carbocycles. The fraction of sp³-hybridized carbons (Fsp3) is 0.967. The molecule has 0 bridgehead atoms. The quantitative estimate of drug-likeness (QED) is 0.0906. The Kier molecular flexibility index (Phi) is 25.2. The minimum Gasteiger partial charge on any atom is -0.449 e. The zero-order valence-corrected chi connectivity index (χ0v) is 24.4. The van der Waals surface area contributed by atoms with Crippen molar-refractivity contribution in [3.63, 3.8) is 0 Å². The monoisotopic (exact) mass is 515 g/mol. The van der Waals surface area contributed by atoms with Crippen molar-refractivity contribution in [3.05, 3.63) is 0 Å². The Morgan fingerprint density at radius 2 is 1.22 bits per heavy atom.